The van der Waals surface area contributed by atoms with E-state index in [0.717, 1.165) is 28.0 Å². The van der Waals surface area contributed by atoms with Crippen molar-refractivity contribution in [2.75, 3.05) is 25.3 Å². The molecule has 4 aromatic rings. The molecule has 7 rings (SSSR count). The first-order chi connectivity index (χ1) is 22.2. The summed E-state index contributed by atoms with van der Waals surface area (Å²) in [5, 5.41) is 10.7. The lowest BCUT2D eigenvalue weighted by Crippen LogP contribution is -2.37. The van der Waals surface area contributed by atoms with Crippen molar-refractivity contribution >= 4 is 54.1 Å². The number of hydrogen-bond acceptors (Lipinski definition) is 15. The van der Waals surface area contributed by atoms with Gasteiger partial charge in [-0.1, -0.05) is 0 Å². The molecule has 0 aromatic carbocycles. The zero-order valence-electron chi connectivity index (χ0n) is 23.9. The van der Waals surface area contributed by atoms with Crippen LogP contribution in [0.5, 0.6) is 0 Å². The van der Waals surface area contributed by atoms with Crippen LogP contribution in [0.25, 0.3) is 22.2 Å². The van der Waals surface area contributed by atoms with Gasteiger partial charge in [0.05, 0.1) is 25.9 Å². The molecule has 0 radical (unpaired) electrons. The Morgan fingerprint density at radius 2 is 1.79 bits per heavy atom. The first-order valence-corrected chi connectivity index (χ1v) is 18.1. The van der Waals surface area contributed by atoms with E-state index in [0.29, 0.717) is 0 Å². The molecular formula is C23H26F2N8O11P2S. The predicted molar refractivity (Wildman–Crippen MR) is 156 cm³/mol. The van der Waals surface area contributed by atoms with E-state index in [1.54, 1.807) is 0 Å². The molecule has 4 aromatic heterocycles. The summed E-state index contributed by atoms with van der Waals surface area (Å²) < 4.78 is 81.0. The first-order valence-electron chi connectivity index (χ1n) is 13.8. The van der Waals surface area contributed by atoms with Crippen molar-refractivity contribution in [3.8, 4) is 0 Å². The zero-order valence-corrected chi connectivity index (χ0v) is 26.5. The molecule has 2 bridgehead atoms. The molecule has 7 heterocycles. The number of ether oxygens (including phenoxy) is 3. The van der Waals surface area contributed by atoms with Crippen LogP contribution in [0.3, 0.4) is 0 Å². The largest absolute Gasteiger partial charge is 0.387 e. The number of fused-ring (bicyclic) bond motifs is 5. The quantitative estimate of drug-likeness (QED) is 0.199. The van der Waals surface area contributed by atoms with E-state index in [1.807, 2.05) is 0 Å². The Morgan fingerprint density at radius 1 is 1.02 bits per heavy atom. The Kier molecular flexibility index (Phi) is 8.30. The normalized spacial score (nSPS) is 36.9. The van der Waals surface area contributed by atoms with Crippen LogP contribution in [-0.2, 0) is 51.2 Å². The lowest BCUT2D eigenvalue weighted by Gasteiger charge is -2.27. The van der Waals surface area contributed by atoms with Crippen molar-refractivity contribution in [1.29, 1.82) is 0 Å². The van der Waals surface area contributed by atoms with Crippen LogP contribution in [0, 0.1) is 5.82 Å². The van der Waals surface area contributed by atoms with Gasteiger partial charge in [-0.05, 0) is 11.8 Å². The molecule has 19 nitrogen and oxygen atoms in total. The van der Waals surface area contributed by atoms with E-state index in [2.05, 4.69) is 19.9 Å². The lowest BCUT2D eigenvalue weighted by molar-refractivity contribution is -0.0598. The highest BCUT2D eigenvalue weighted by atomic mass is 32.5. The number of alkyl halides is 1. The fourth-order valence-electron chi connectivity index (χ4n) is 5.66. The van der Waals surface area contributed by atoms with Crippen molar-refractivity contribution in [2.45, 2.75) is 49.1 Å². The molecule has 3 aliphatic rings. The Bertz CT molecular complexity index is 2020. The minimum Gasteiger partial charge on any atom is -0.387 e. The molecule has 3 fully saturated rings. The average Bonchev–Trinajstić information content (AvgIpc) is 3.74. The molecule has 47 heavy (non-hydrogen) atoms. The van der Waals surface area contributed by atoms with Crippen molar-refractivity contribution in [3.63, 3.8) is 0 Å². The number of aliphatic hydroxyl groups excluding tert-OH is 1. The molecule has 0 saturated carbocycles. The van der Waals surface area contributed by atoms with Gasteiger partial charge >= 0.3 is 14.3 Å². The monoisotopic (exact) mass is 722 g/mol. The van der Waals surface area contributed by atoms with Gasteiger partial charge in [-0.2, -0.15) is 0 Å². The van der Waals surface area contributed by atoms with Crippen molar-refractivity contribution < 1.29 is 56.0 Å². The molecule has 254 valence electrons. The molecule has 3 saturated heterocycles. The van der Waals surface area contributed by atoms with Crippen LogP contribution in [0.4, 0.5) is 14.6 Å². The van der Waals surface area contributed by atoms with E-state index in [4.69, 9.17) is 45.3 Å². The van der Waals surface area contributed by atoms with Crippen molar-refractivity contribution in [3.05, 3.63) is 41.3 Å². The van der Waals surface area contributed by atoms with E-state index in [1.165, 1.54) is 17.9 Å². The third-order valence-electron chi connectivity index (χ3n) is 7.84. The van der Waals surface area contributed by atoms with Gasteiger partial charge < -0.3 is 48.5 Å². The van der Waals surface area contributed by atoms with Crippen LogP contribution >= 0.6 is 14.3 Å². The highest BCUT2D eigenvalue weighted by molar-refractivity contribution is 8.07. The standard InChI is InChI=1S/C23H26F2N8O11P2S/c1-31-6-30-19-12(21(31)35)9(24)2-32(19)23-17-15(34)10(41-23)4-40-46(38,47)44-16-11(3-39-8-45(36,37)43-17)42-22(13(16)25)33-7-29-14-18(26)27-5-28-20(14)33/h2,5-7,10-11,13,15-17,22-23,34H,3-4,8H2,1H3,(H,36,37)(H,38,47)(H2,26,27,28)/t10-,11-,13-,15-,16-,17-,22-,23-,46?/m1/s1. The lowest BCUT2D eigenvalue weighted by atomic mass is 10.1. The molecule has 0 aliphatic carbocycles. The Morgan fingerprint density at radius 3 is 2.57 bits per heavy atom. The molecule has 3 aliphatic heterocycles. The second-order valence-electron chi connectivity index (χ2n) is 10.9. The van der Waals surface area contributed by atoms with Gasteiger partial charge in [0.2, 0.25) is 0 Å². The highest BCUT2D eigenvalue weighted by Gasteiger charge is 2.53. The summed E-state index contributed by atoms with van der Waals surface area (Å²) >= 11 is 5.15. The van der Waals surface area contributed by atoms with E-state index >= 15 is 4.39 Å². The minimum absolute atomic E-state index is 0.0369. The summed E-state index contributed by atoms with van der Waals surface area (Å²) in [6.45, 7) is -5.57. The van der Waals surface area contributed by atoms with Crippen LogP contribution in [0.15, 0.2) is 30.0 Å². The maximum Gasteiger partial charge on any atom is 0.354 e. The third kappa shape index (κ3) is 5.81. The molecule has 24 heteroatoms. The smallest absolute Gasteiger partial charge is 0.354 e. The summed E-state index contributed by atoms with van der Waals surface area (Å²) in [4.78, 5) is 50.4. The number of aryl methyl sites for hydroxylation is 1. The van der Waals surface area contributed by atoms with Gasteiger partial charge in [0.1, 0.15) is 54.1 Å². The number of halogens is 2. The number of anilines is 1. The fraction of sp³-hybridized carbons (Fsp3) is 0.522. The molecular weight excluding hydrogens is 696 g/mol. The number of nitrogens with zero attached hydrogens (tertiary/aromatic N) is 7. The molecule has 2 unspecified atom stereocenters. The maximum atomic E-state index is 16.0. The van der Waals surface area contributed by atoms with Gasteiger partial charge in [0.25, 0.3) is 5.56 Å². The number of hydrogen-bond donors (Lipinski definition) is 4. The van der Waals surface area contributed by atoms with Gasteiger partial charge in [0, 0.05) is 13.2 Å². The Hall–Kier alpha value is -2.85. The summed E-state index contributed by atoms with van der Waals surface area (Å²) in [5.74, 6) is -0.939. The van der Waals surface area contributed by atoms with Crippen LogP contribution in [0.2, 0.25) is 0 Å². The van der Waals surface area contributed by atoms with E-state index in [-0.39, 0.29) is 22.6 Å². The zero-order chi connectivity index (χ0) is 33.4. The predicted octanol–water partition coefficient (Wildman–Crippen LogP) is -0.0331. The number of rotatable bonds is 2. The van der Waals surface area contributed by atoms with Gasteiger partial charge in [-0.3, -0.25) is 23.0 Å². The van der Waals surface area contributed by atoms with Crippen molar-refractivity contribution in [2.24, 2.45) is 7.05 Å². The number of aliphatic hydroxyl groups is 1. The average molecular weight is 723 g/mol. The first kappa shape index (κ1) is 32.7. The summed E-state index contributed by atoms with van der Waals surface area (Å²) in [6, 6.07) is 0. The van der Waals surface area contributed by atoms with Crippen LogP contribution in [0.1, 0.15) is 12.5 Å². The van der Waals surface area contributed by atoms with Gasteiger partial charge in [0.15, 0.2) is 41.6 Å². The maximum absolute atomic E-state index is 16.0. The second kappa shape index (κ2) is 11.9. The van der Waals surface area contributed by atoms with Crippen LogP contribution in [-0.4, -0.2) is 105 Å². The molecule has 0 spiro atoms. The fourth-order valence-corrected chi connectivity index (χ4v) is 8.10. The summed E-state index contributed by atoms with van der Waals surface area (Å²) in [7, 11) is -3.38. The van der Waals surface area contributed by atoms with E-state index < -0.39 is 99.8 Å². The molecule has 10 atom stereocenters. The molecule has 5 N–H and O–H groups in total. The highest BCUT2D eigenvalue weighted by Crippen LogP contribution is 2.53. The van der Waals surface area contributed by atoms with Gasteiger partial charge in [-0.25, -0.2) is 28.7 Å². The van der Waals surface area contributed by atoms with Crippen LogP contribution < -0.4 is 11.3 Å². The third-order valence-corrected chi connectivity index (χ3v) is 10.5. The summed E-state index contributed by atoms with van der Waals surface area (Å²) in [6.07, 6.45) is -9.44. The molecule has 0 amide bonds. The Balaban J connectivity index is 1.19. The number of aromatic nitrogens is 7. The topological polar surface area (TPSA) is 243 Å². The SMILES string of the molecule is Cn1cnc2c(c(F)cn2[C@@H]2O[C@@H]3COP(O)(=S)O[C@H]4[C@@H](F)[C@H](n5cnc6c(N)ncnc65)O[C@@H]4COCP(=O)(O)O[C@@H]2[C@@H]3O)c1=O. The number of imidazole rings is 1. The number of nitrogens with two attached hydrogens (primary N) is 1. The second-order valence-corrected chi connectivity index (χ2v) is 15.5. The van der Waals surface area contributed by atoms with E-state index in [9.17, 15) is 28.6 Å². The summed E-state index contributed by atoms with van der Waals surface area (Å²) in [5.41, 5.74) is 5.22. The van der Waals surface area contributed by atoms with Gasteiger partial charge in [-0.15, -0.1) is 0 Å². The van der Waals surface area contributed by atoms with Crippen molar-refractivity contribution in [1.82, 2.24) is 33.6 Å². The Labute approximate surface area is 266 Å². The minimum atomic E-state index is -4.75. The number of nitrogen functional groups attached to an aromatic ring is 1.